The molecule has 0 amide bonds. The second kappa shape index (κ2) is 5.46. The van der Waals surface area contributed by atoms with Crippen LogP contribution in [0.1, 0.15) is 24.3 Å². The number of halogens is 1. The lowest BCUT2D eigenvalue weighted by Crippen LogP contribution is -2.18. The minimum Gasteiger partial charge on any atom is -0.389 e. The zero-order valence-electron chi connectivity index (χ0n) is 10.3. The van der Waals surface area contributed by atoms with E-state index in [4.69, 9.17) is 0 Å². The molecule has 0 saturated heterocycles. The summed E-state index contributed by atoms with van der Waals surface area (Å²) < 4.78 is 13.9. The molecule has 0 aliphatic heterocycles. The first-order valence-corrected chi connectivity index (χ1v) is 6.58. The van der Waals surface area contributed by atoms with Crippen LogP contribution in [0.4, 0.5) is 10.1 Å². The molecule has 3 nitrogen and oxygen atoms in total. The molecule has 1 aromatic carbocycles. The highest BCUT2D eigenvalue weighted by Gasteiger charge is 2.11. The van der Waals surface area contributed by atoms with Gasteiger partial charge in [-0.05, 0) is 24.6 Å². The van der Waals surface area contributed by atoms with Crippen LogP contribution in [0, 0.1) is 5.82 Å². The first-order valence-electron chi connectivity index (χ1n) is 5.63. The van der Waals surface area contributed by atoms with Gasteiger partial charge in [-0.25, -0.2) is 9.37 Å². The van der Waals surface area contributed by atoms with Crippen LogP contribution in [-0.4, -0.2) is 17.1 Å². The van der Waals surface area contributed by atoms with Gasteiger partial charge in [0.2, 0.25) is 0 Å². The highest BCUT2D eigenvalue weighted by molar-refractivity contribution is 7.07. The molecule has 0 saturated carbocycles. The fourth-order valence-corrected chi connectivity index (χ4v) is 2.29. The van der Waals surface area contributed by atoms with Crippen molar-refractivity contribution in [3.8, 4) is 0 Å². The van der Waals surface area contributed by atoms with Gasteiger partial charge in [0, 0.05) is 12.4 Å². The van der Waals surface area contributed by atoms with E-state index in [9.17, 15) is 9.50 Å². The zero-order chi connectivity index (χ0) is 13.1. The third-order valence-corrected chi connectivity index (χ3v) is 3.38. The van der Waals surface area contributed by atoms with E-state index in [2.05, 4.69) is 4.98 Å². The van der Waals surface area contributed by atoms with Crippen molar-refractivity contribution in [2.75, 3.05) is 11.9 Å². The summed E-state index contributed by atoms with van der Waals surface area (Å²) in [6, 6.07) is 4.79. The van der Waals surface area contributed by atoms with Crippen molar-refractivity contribution in [2.45, 2.75) is 19.6 Å². The fraction of sp³-hybridized carbons (Fsp3) is 0.308. The topological polar surface area (TPSA) is 36.4 Å². The quantitative estimate of drug-likeness (QED) is 0.924. The Labute approximate surface area is 110 Å². The highest BCUT2D eigenvalue weighted by Crippen LogP contribution is 2.23. The highest BCUT2D eigenvalue weighted by atomic mass is 32.1. The van der Waals surface area contributed by atoms with Gasteiger partial charge in [-0.15, -0.1) is 11.3 Å². The predicted octanol–water partition coefficient (Wildman–Crippen LogP) is 2.97. The van der Waals surface area contributed by atoms with Crippen molar-refractivity contribution >= 4 is 17.0 Å². The second-order valence-electron chi connectivity index (χ2n) is 4.22. The van der Waals surface area contributed by atoms with Gasteiger partial charge < -0.3 is 10.0 Å². The summed E-state index contributed by atoms with van der Waals surface area (Å²) >= 11 is 1.52. The number of nitrogens with zero attached hydrogens (tertiary/aromatic N) is 2. The average Bonchev–Trinajstić information content (AvgIpc) is 2.81. The molecule has 1 unspecified atom stereocenters. The summed E-state index contributed by atoms with van der Waals surface area (Å²) in [5.74, 6) is -0.328. The van der Waals surface area contributed by atoms with Gasteiger partial charge in [-0.1, -0.05) is 6.07 Å². The molecule has 18 heavy (non-hydrogen) atoms. The number of rotatable bonds is 4. The molecule has 2 rings (SSSR count). The first kappa shape index (κ1) is 13.0. The standard InChI is InChI=1S/C13H15FN2OS/c1-9(17)10-3-4-13(12(14)5-10)16(2)6-11-7-18-8-15-11/h3-5,7-9,17H,6H2,1-2H3. The molecule has 0 fully saturated rings. The lowest BCUT2D eigenvalue weighted by atomic mass is 10.1. The molecule has 0 aliphatic rings. The van der Waals surface area contributed by atoms with Crippen LogP contribution in [0.2, 0.25) is 0 Å². The molecule has 0 aliphatic carbocycles. The van der Waals surface area contributed by atoms with Gasteiger partial charge in [0.15, 0.2) is 0 Å². The van der Waals surface area contributed by atoms with E-state index in [1.165, 1.54) is 17.4 Å². The molecular weight excluding hydrogens is 251 g/mol. The number of aliphatic hydroxyl groups is 1. The Hall–Kier alpha value is -1.46. The lowest BCUT2D eigenvalue weighted by Gasteiger charge is -2.19. The smallest absolute Gasteiger partial charge is 0.146 e. The molecular formula is C13H15FN2OS. The van der Waals surface area contributed by atoms with Crippen LogP contribution >= 0.6 is 11.3 Å². The fourth-order valence-electron chi connectivity index (χ4n) is 1.74. The number of thiazole rings is 1. The molecule has 0 bridgehead atoms. The number of anilines is 1. The number of aromatic nitrogens is 1. The number of hydrogen-bond donors (Lipinski definition) is 1. The molecule has 1 atom stereocenters. The molecule has 5 heteroatoms. The minimum atomic E-state index is -0.655. The maximum atomic E-state index is 13.9. The summed E-state index contributed by atoms with van der Waals surface area (Å²) in [5, 5.41) is 11.3. The molecule has 2 aromatic rings. The molecule has 1 aromatic heterocycles. The minimum absolute atomic E-state index is 0.328. The van der Waals surface area contributed by atoms with Gasteiger partial charge in [-0.3, -0.25) is 0 Å². The zero-order valence-corrected chi connectivity index (χ0v) is 11.1. The Morgan fingerprint density at radius 2 is 2.28 bits per heavy atom. The van der Waals surface area contributed by atoms with Crippen LogP contribution in [-0.2, 0) is 6.54 Å². The SMILES string of the molecule is CC(O)c1ccc(N(C)Cc2cscn2)c(F)c1. The molecule has 96 valence electrons. The van der Waals surface area contributed by atoms with E-state index in [1.807, 2.05) is 12.4 Å². The van der Waals surface area contributed by atoms with E-state index >= 15 is 0 Å². The summed E-state index contributed by atoms with van der Waals surface area (Å²) in [6.07, 6.45) is -0.655. The summed E-state index contributed by atoms with van der Waals surface area (Å²) in [7, 11) is 1.82. The predicted molar refractivity (Wildman–Crippen MR) is 71.3 cm³/mol. The van der Waals surface area contributed by atoms with Gasteiger partial charge in [0.25, 0.3) is 0 Å². The van der Waals surface area contributed by atoms with E-state index in [-0.39, 0.29) is 5.82 Å². The van der Waals surface area contributed by atoms with Crippen molar-refractivity contribution in [1.82, 2.24) is 4.98 Å². The van der Waals surface area contributed by atoms with Crippen LogP contribution < -0.4 is 4.90 Å². The van der Waals surface area contributed by atoms with Gasteiger partial charge in [-0.2, -0.15) is 0 Å². The van der Waals surface area contributed by atoms with Gasteiger partial charge in [0.05, 0.1) is 29.5 Å². The maximum absolute atomic E-state index is 13.9. The third-order valence-electron chi connectivity index (χ3n) is 2.75. The van der Waals surface area contributed by atoms with E-state index < -0.39 is 6.10 Å². The number of benzene rings is 1. The van der Waals surface area contributed by atoms with Gasteiger partial charge in [0.1, 0.15) is 5.82 Å². The summed E-state index contributed by atoms with van der Waals surface area (Å²) in [5.41, 5.74) is 3.77. The Morgan fingerprint density at radius 1 is 1.50 bits per heavy atom. The lowest BCUT2D eigenvalue weighted by molar-refractivity contribution is 0.199. The monoisotopic (exact) mass is 266 g/mol. The molecule has 0 spiro atoms. The van der Waals surface area contributed by atoms with Crippen LogP contribution in [0.3, 0.4) is 0 Å². The van der Waals surface area contributed by atoms with Crippen molar-refractivity contribution in [3.05, 3.63) is 46.2 Å². The van der Waals surface area contributed by atoms with Crippen LogP contribution in [0.25, 0.3) is 0 Å². The number of aliphatic hydroxyl groups excluding tert-OH is 1. The van der Waals surface area contributed by atoms with Crippen LogP contribution in [0.5, 0.6) is 0 Å². The van der Waals surface area contributed by atoms with Crippen molar-refractivity contribution in [1.29, 1.82) is 0 Å². The van der Waals surface area contributed by atoms with E-state index in [0.717, 1.165) is 5.69 Å². The third kappa shape index (κ3) is 2.86. The Morgan fingerprint density at radius 3 is 2.83 bits per heavy atom. The Kier molecular flexibility index (Phi) is 3.93. The van der Waals surface area contributed by atoms with Crippen LogP contribution in [0.15, 0.2) is 29.1 Å². The van der Waals surface area contributed by atoms with E-state index in [0.29, 0.717) is 17.8 Å². The summed E-state index contributed by atoms with van der Waals surface area (Å²) in [6.45, 7) is 2.18. The average molecular weight is 266 g/mol. The second-order valence-corrected chi connectivity index (χ2v) is 4.94. The van der Waals surface area contributed by atoms with Crippen molar-refractivity contribution < 1.29 is 9.50 Å². The summed E-state index contributed by atoms with van der Waals surface area (Å²) in [4.78, 5) is 5.97. The van der Waals surface area contributed by atoms with Crippen molar-refractivity contribution in [3.63, 3.8) is 0 Å². The molecule has 1 heterocycles. The Balaban J connectivity index is 2.17. The Bertz CT molecular complexity index is 514. The molecule has 0 radical (unpaired) electrons. The first-order chi connectivity index (χ1) is 8.58. The normalized spacial score (nSPS) is 12.4. The molecule has 1 N–H and O–H groups in total. The maximum Gasteiger partial charge on any atom is 0.146 e. The largest absolute Gasteiger partial charge is 0.389 e. The van der Waals surface area contributed by atoms with E-state index in [1.54, 1.807) is 29.5 Å². The number of hydrogen-bond acceptors (Lipinski definition) is 4. The van der Waals surface area contributed by atoms with Gasteiger partial charge >= 0.3 is 0 Å². The van der Waals surface area contributed by atoms with Crippen molar-refractivity contribution in [2.24, 2.45) is 0 Å².